The van der Waals surface area contributed by atoms with E-state index in [0.717, 1.165) is 17.4 Å². The van der Waals surface area contributed by atoms with Gasteiger partial charge in [-0.15, -0.1) is 0 Å². The molecule has 2 heterocycles. The highest BCUT2D eigenvalue weighted by molar-refractivity contribution is 6.01. The van der Waals surface area contributed by atoms with E-state index in [1.807, 2.05) is 30.3 Å². The fourth-order valence-corrected chi connectivity index (χ4v) is 5.47. The average Bonchev–Trinajstić information content (AvgIpc) is 3.48. The van der Waals surface area contributed by atoms with Crippen LogP contribution in [0.15, 0.2) is 65.0 Å². The molecule has 1 fully saturated rings. The minimum atomic E-state index is -0.576. The molecule has 0 bridgehead atoms. The van der Waals surface area contributed by atoms with E-state index in [2.05, 4.69) is 19.2 Å². The van der Waals surface area contributed by atoms with Crippen molar-refractivity contribution in [2.75, 3.05) is 26.8 Å². The molecule has 0 saturated carbocycles. The minimum Gasteiger partial charge on any atom is -0.495 e. The minimum absolute atomic E-state index is 0.156. The van der Waals surface area contributed by atoms with E-state index in [0.29, 0.717) is 37.0 Å². The first-order valence-corrected chi connectivity index (χ1v) is 14.4. The normalized spacial score (nSPS) is 16.2. The first-order chi connectivity index (χ1) is 20.2. The predicted octanol–water partition coefficient (Wildman–Crippen LogP) is 3.56. The number of para-hydroxylation sites is 1. The van der Waals surface area contributed by atoms with Gasteiger partial charge in [-0.25, -0.2) is 0 Å². The molecule has 3 aromatic rings. The summed E-state index contributed by atoms with van der Waals surface area (Å²) in [6, 6.07) is 16.1. The lowest BCUT2D eigenvalue weighted by Crippen LogP contribution is -2.39. The summed E-state index contributed by atoms with van der Waals surface area (Å²) in [5.74, 6) is -0.598. The molecule has 1 aliphatic heterocycles. The van der Waals surface area contributed by atoms with Crippen molar-refractivity contribution >= 4 is 34.3 Å². The zero-order valence-corrected chi connectivity index (χ0v) is 24.7. The van der Waals surface area contributed by atoms with Crippen molar-refractivity contribution in [1.82, 2.24) is 14.8 Å². The third kappa shape index (κ3) is 6.46. The van der Waals surface area contributed by atoms with E-state index >= 15 is 0 Å². The second-order valence-electron chi connectivity index (χ2n) is 10.9. The van der Waals surface area contributed by atoms with E-state index in [1.165, 1.54) is 16.6 Å². The number of ether oxygens (including phenoxy) is 1. The Balaban J connectivity index is 1.84. The van der Waals surface area contributed by atoms with Gasteiger partial charge in [0.05, 0.1) is 30.3 Å². The molecule has 2 N–H and O–H groups in total. The number of Topliss-reactive ketones (excluding diaryl/α,β-unsaturated/α-hetero) is 1. The smallest absolute Gasteiger partial charge is 0.262 e. The zero-order chi connectivity index (χ0) is 30.4. The van der Waals surface area contributed by atoms with E-state index in [4.69, 9.17) is 4.74 Å². The highest BCUT2D eigenvalue weighted by atomic mass is 16.5. The highest BCUT2D eigenvalue weighted by Gasteiger charge is 2.29. The summed E-state index contributed by atoms with van der Waals surface area (Å²) < 4.78 is 7.29. The van der Waals surface area contributed by atoms with Crippen molar-refractivity contribution < 1.29 is 24.2 Å². The Morgan fingerprint density at radius 3 is 2.45 bits per heavy atom. The Morgan fingerprint density at radius 1 is 1.10 bits per heavy atom. The first-order valence-electron chi connectivity index (χ1n) is 14.4. The largest absolute Gasteiger partial charge is 0.495 e. The number of ketones is 1. The van der Waals surface area contributed by atoms with Crippen LogP contribution in [0.3, 0.4) is 0 Å². The number of pyridine rings is 1. The van der Waals surface area contributed by atoms with Gasteiger partial charge in [0, 0.05) is 30.1 Å². The Kier molecular flexibility index (Phi) is 9.96. The molecule has 2 amide bonds. The highest BCUT2D eigenvalue weighted by Crippen LogP contribution is 2.30. The monoisotopic (exact) mass is 573 g/mol. The van der Waals surface area contributed by atoms with Gasteiger partial charge in [-0.05, 0) is 37.3 Å². The maximum Gasteiger partial charge on any atom is 0.262 e. The van der Waals surface area contributed by atoms with Crippen LogP contribution in [0.4, 0.5) is 0 Å². The van der Waals surface area contributed by atoms with Crippen molar-refractivity contribution in [2.45, 2.75) is 52.6 Å². The number of methoxy groups -OCH3 is 1. The number of amides is 2. The van der Waals surface area contributed by atoms with Gasteiger partial charge >= 0.3 is 0 Å². The van der Waals surface area contributed by atoms with Crippen LogP contribution in [0.5, 0.6) is 0 Å². The standard InChI is InChI=1S/C33H39N3O6/c1-5-21(2)17-26-25-13-9-10-14-27(25)36(19-28(38)23-11-7-6-8-12-23)33(41)30(26)31(42-4)22(3)32(40)34-24-15-16-35(18-24)29(39)20-37/h6-14,21,24,37H,5,15-20H2,1-4H3,(H,34,40)/b31-22-. The molecule has 4 rings (SSSR count). The number of carbonyl (C=O) groups is 3. The van der Waals surface area contributed by atoms with Crippen LogP contribution in [-0.4, -0.2) is 65.0 Å². The summed E-state index contributed by atoms with van der Waals surface area (Å²) in [5.41, 5.74) is 2.02. The molecule has 0 radical (unpaired) electrons. The molecular formula is C33H39N3O6. The molecule has 9 heteroatoms. The van der Waals surface area contributed by atoms with Gasteiger partial charge in [0.25, 0.3) is 11.5 Å². The fraction of sp³-hybridized carbons (Fsp3) is 0.394. The van der Waals surface area contributed by atoms with Crippen LogP contribution < -0.4 is 10.9 Å². The molecule has 1 saturated heterocycles. The third-order valence-electron chi connectivity index (χ3n) is 8.05. The number of benzene rings is 2. The molecule has 42 heavy (non-hydrogen) atoms. The fourth-order valence-electron chi connectivity index (χ4n) is 5.47. The van der Waals surface area contributed by atoms with Crippen molar-refractivity contribution in [3.63, 3.8) is 0 Å². The second-order valence-corrected chi connectivity index (χ2v) is 10.9. The maximum absolute atomic E-state index is 14.4. The zero-order valence-electron chi connectivity index (χ0n) is 24.7. The molecule has 0 spiro atoms. The quantitative estimate of drug-likeness (QED) is 0.206. The van der Waals surface area contributed by atoms with Gasteiger partial charge in [-0.1, -0.05) is 68.8 Å². The molecule has 2 aromatic carbocycles. The van der Waals surface area contributed by atoms with Crippen LogP contribution in [-0.2, 0) is 27.3 Å². The summed E-state index contributed by atoms with van der Waals surface area (Å²) in [5, 5.41) is 13.0. The lowest BCUT2D eigenvalue weighted by Gasteiger charge is -2.22. The molecule has 0 aliphatic carbocycles. The summed E-state index contributed by atoms with van der Waals surface area (Å²) in [4.78, 5) is 54.5. The Bertz CT molecular complexity index is 1560. The number of rotatable bonds is 11. The second kappa shape index (κ2) is 13.6. The number of nitrogens with zero attached hydrogens (tertiary/aromatic N) is 2. The summed E-state index contributed by atoms with van der Waals surface area (Å²) in [6.07, 6.45) is 2.02. The molecule has 9 nitrogen and oxygen atoms in total. The number of carbonyl (C=O) groups excluding carboxylic acids is 3. The SMILES string of the molecule is CCC(C)Cc1c(/C(OC)=C(\C)C(=O)NC2CCN(C(=O)CO)C2)c(=O)n(CC(=O)c2ccccc2)c2ccccc12. The Labute approximate surface area is 245 Å². The van der Waals surface area contributed by atoms with Crippen LogP contribution in [0.25, 0.3) is 16.7 Å². The number of nitrogens with one attached hydrogen (secondary N) is 1. The lowest BCUT2D eigenvalue weighted by molar-refractivity contribution is -0.133. The van der Waals surface area contributed by atoms with E-state index < -0.39 is 18.1 Å². The summed E-state index contributed by atoms with van der Waals surface area (Å²) >= 11 is 0. The van der Waals surface area contributed by atoms with Crippen molar-refractivity contribution in [3.05, 3.63) is 87.2 Å². The molecule has 2 unspecified atom stereocenters. The molecule has 1 aromatic heterocycles. The van der Waals surface area contributed by atoms with E-state index in [1.54, 1.807) is 31.2 Å². The summed E-state index contributed by atoms with van der Waals surface area (Å²) in [6.45, 7) is 5.80. The molecule has 2 atom stereocenters. The topological polar surface area (TPSA) is 118 Å². The van der Waals surface area contributed by atoms with Crippen molar-refractivity contribution in [3.8, 4) is 0 Å². The number of hydrogen-bond donors (Lipinski definition) is 2. The molecule has 1 aliphatic rings. The first kappa shape index (κ1) is 30.7. The number of fused-ring (bicyclic) bond motifs is 1. The predicted molar refractivity (Wildman–Crippen MR) is 162 cm³/mol. The van der Waals surface area contributed by atoms with Gasteiger partial charge in [0.2, 0.25) is 5.91 Å². The van der Waals surface area contributed by atoms with Gasteiger partial charge in [0.15, 0.2) is 5.78 Å². The Hall–Kier alpha value is -4.24. The van der Waals surface area contributed by atoms with Crippen molar-refractivity contribution in [2.24, 2.45) is 5.92 Å². The third-order valence-corrected chi connectivity index (χ3v) is 8.05. The van der Waals surface area contributed by atoms with Crippen LogP contribution in [0.2, 0.25) is 0 Å². The van der Waals surface area contributed by atoms with E-state index in [9.17, 15) is 24.3 Å². The number of likely N-dealkylation sites (tertiary alicyclic amines) is 1. The van der Waals surface area contributed by atoms with Gasteiger partial charge in [0.1, 0.15) is 12.4 Å². The van der Waals surface area contributed by atoms with Crippen molar-refractivity contribution in [1.29, 1.82) is 0 Å². The maximum atomic E-state index is 14.4. The van der Waals surface area contributed by atoms with Crippen LogP contribution >= 0.6 is 0 Å². The molecular weight excluding hydrogens is 534 g/mol. The summed E-state index contributed by atoms with van der Waals surface area (Å²) in [7, 11) is 1.43. The van der Waals surface area contributed by atoms with E-state index in [-0.39, 0.29) is 47.1 Å². The van der Waals surface area contributed by atoms with Gasteiger partial charge in [-0.3, -0.25) is 23.7 Å². The number of aliphatic hydroxyl groups is 1. The van der Waals surface area contributed by atoms with Gasteiger partial charge in [-0.2, -0.15) is 0 Å². The number of aromatic nitrogens is 1. The van der Waals surface area contributed by atoms with Gasteiger partial charge < -0.3 is 20.1 Å². The molecule has 222 valence electrons. The number of aliphatic hydroxyl groups excluding tert-OH is 1. The van der Waals surface area contributed by atoms with Crippen LogP contribution in [0, 0.1) is 5.92 Å². The average molecular weight is 574 g/mol. The lowest BCUT2D eigenvalue weighted by atomic mass is 9.90. The Morgan fingerprint density at radius 2 is 1.79 bits per heavy atom. The number of hydrogen-bond acceptors (Lipinski definition) is 6. The van der Waals surface area contributed by atoms with Crippen LogP contribution in [0.1, 0.15) is 55.1 Å².